The van der Waals surface area contributed by atoms with E-state index in [1.54, 1.807) is 6.08 Å². The quantitative estimate of drug-likeness (QED) is 0.633. The Bertz CT molecular complexity index is 550. The number of thiophene rings is 1. The number of esters is 1. The van der Waals surface area contributed by atoms with Crippen LogP contribution in [0.1, 0.15) is 12.5 Å². The van der Waals surface area contributed by atoms with Gasteiger partial charge in [-0.05, 0) is 47.2 Å². The van der Waals surface area contributed by atoms with Crippen LogP contribution in [0, 0.1) is 0 Å². The summed E-state index contributed by atoms with van der Waals surface area (Å²) in [4.78, 5) is 36.6. The first kappa shape index (κ1) is 13.8. The molecule has 0 N–H and O–H groups in total. The van der Waals surface area contributed by atoms with Gasteiger partial charge in [-0.1, -0.05) is 0 Å². The SMILES string of the molecule is COC(=O)C(C)N1C(=O)S/C(=C/c2ccsc2)C1=O. The normalized spacial score (nSPS) is 19.1. The van der Waals surface area contributed by atoms with Crippen LogP contribution in [0.3, 0.4) is 0 Å². The Kier molecular flexibility index (Phi) is 4.06. The van der Waals surface area contributed by atoms with Gasteiger partial charge < -0.3 is 4.74 Å². The lowest BCUT2D eigenvalue weighted by Crippen LogP contribution is -2.42. The van der Waals surface area contributed by atoms with Gasteiger partial charge in [0.15, 0.2) is 0 Å². The molecule has 19 heavy (non-hydrogen) atoms. The minimum atomic E-state index is -0.911. The molecule has 0 bridgehead atoms. The van der Waals surface area contributed by atoms with E-state index in [4.69, 9.17) is 0 Å². The summed E-state index contributed by atoms with van der Waals surface area (Å²) < 4.78 is 4.55. The summed E-state index contributed by atoms with van der Waals surface area (Å²) in [6, 6.07) is 0.938. The molecule has 1 unspecified atom stereocenters. The zero-order chi connectivity index (χ0) is 14.0. The topological polar surface area (TPSA) is 63.7 Å². The summed E-state index contributed by atoms with van der Waals surface area (Å²) in [5, 5.41) is 3.30. The molecule has 1 saturated heterocycles. The third-order valence-electron chi connectivity index (χ3n) is 2.59. The zero-order valence-electron chi connectivity index (χ0n) is 10.3. The molecule has 7 heteroatoms. The Morgan fingerprint density at radius 1 is 1.47 bits per heavy atom. The summed E-state index contributed by atoms with van der Waals surface area (Å²) in [5.74, 6) is -1.07. The van der Waals surface area contributed by atoms with Crippen molar-refractivity contribution >= 4 is 46.3 Å². The van der Waals surface area contributed by atoms with Crippen LogP contribution in [0.4, 0.5) is 4.79 Å². The smallest absolute Gasteiger partial charge is 0.328 e. The first-order chi connectivity index (χ1) is 9.04. The molecule has 1 aromatic heterocycles. The lowest BCUT2D eigenvalue weighted by Gasteiger charge is -2.18. The molecule has 5 nitrogen and oxygen atoms in total. The van der Waals surface area contributed by atoms with Gasteiger partial charge in [-0.25, -0.2) is 4.79 Å². The first-order valence-electron chi connectivity index (χ1n) is 5.41. The monoisotopic (exact) mass is 297 g/mol. The lowest BCUT2D eigenvalue weighted by atomic mass is 10.2. The summed E-state index contributed by atoms with van der Waals surface area (Å²) >= 11 is 2.33. The summed E-state index contributed by atoms with van der Waals surface area (Å²) in [6.07, 6.45) is 1.64. The minimum absolute atomic E-state index is 0.319. The molecule has 1 aromatic rings. The Morgan fingerprint density at radius 2 is 2.21 bits per heavy atom. The van der Waals surface area contributed by atoms with Gasteiger partial charge in [0, 0.05) is 0 Å². The highest BCUT2D eigenvalue weighted by atomic mass is 32.2. The predicted octanol–water partition coefficient (Wildman–Crippen LogP) is 2.35. The molecular formula is C12H11NO4S2. The van der Waals surface area contributed by atoms with Gasteiger partial charge in [0.05, 0.1) is 12.0 Å². The van der Waals surface area contributed by atoms with Crippen molar-refractivity contribution in [1.29, 1.82) is 0 Å². The number of carbonyl (C=O) groups is 3. The maximum absolute atomic E-state index is 12.1. The molecule has 1 atom stereocenters. The number of thioether (sulfide) groups is 1. The second-order valence-corrected chi connectivity index (χ2v) is 5.58. The van der Waals surface area contributed by atoms with Crippen molar-refractivity contribution in [3.63, 3.8) is 0 Å². The van der Waals surface area contributed by atoms with E-state index in [0.717, 1.165) is 22.2 Å². The number of ether oxygens (including phenoxy) is 1. The highest BCUT2D eigenvalue weighted by molar-refractivity contribution is 8.18. The molecule has 0 spiro atoms. The van der Waals surface area contributed by atoms with Gasteiger partial charge in [0.2, 0.25) is 0 Å². The van der Waals surface area contributed by atoms with Gasteiger partial charge in [0.1, 0.15) is 6.04 Å². The molecule has 0 aromatic carbocycles. The lowest BCUT2D eigenvalue weighted by molar-refractivity contribution is -0.148. The van der Waals surface area contributed by atoms with Crippen molar-refractivity contribution in [3.05, 3.63) is 27.3 Å². The largest absolute Gasteiger partial charge is 0.467 e. The number of nitrogens with zero attached hydrogens (tertiary/aromatic N) is 1. The average Bonchev–Trinajstić information content (AvgIpc) is 2.98. The third kappa shape index (κ3) is 2.71. The van der Waals surface area contributed by atoms with Crippen molar-refractivity contribution in [2.24, 2.45) is 0 Å². The van der Waals surface area contributed by atoms with Crippen LogP contribution in [-0.4, -0.2) is 35.2 Å². The summed E-state index contributed by atoms with van der Waals surface area (Å²) in [6.45, 7) is 1.47. The summed E-state index contributed by atoms with van der Waals surface area (Å²) in [5.41, 5.74) is 0.862. The second kappa shape index (κ2) is 5.58. The Morgan fingerprint density at radius 3 is 2.79 bits per heavy atom. The highest BCUT2D eigenvalue weighted by Gasteiger charge is 2.41. The minimum Gasteiger partial charge on any atom is -0.467 e. The van der Waals surface area contributed by atoms with E-state index < -0.39 is 23.2 Å². The Hall–Kier alpha value is -1.60. The number of rotatable bonds is 3. The number of hydrogen-bond donors (Lipinski definition) is 0. The second-order valence-electron chi connectivity index (χ2n) is 3.81. The number of amides is 2. The molecule has 0 aliphatic carbocycles. The molecule has 2 rings (SSSR count). The van der Waals surface area contributed by atoms with E-state index >= 15 is 0 Å². The fourth-order valence-electron chi connectivity index (χ4n) is 1.60. The molecule has 1 aliphatic rings. The zero-order valence-corrected chi connectivity index (χ0v) is 11.9. The molecule has 2 amide bonds. The Balaban J connectivity index is 2.24. The van der Waals surface area contributed by atoms with Crippen molar-refractivity contribution in [1.82, 2.24) is 4.90 Å². The standard InChI is InChI=1S/C12H11NO4S2/c1-7(11(15)17-2)13-10(14)9(19-12(13)16)5-8-3-4-18-6-8/h3-7H,1-2H3/b9-5+. The van der Waals surface area contributed by atoms with E-state index in [9.17, 15) is 14.4 Å². The van der Waals surface area contributed by atoms with Crippen molar-refractivity contribution < 1.29 is 19.1 Å². The van der Waals surface area contributed by atoms with Crippen LogP contribution in [0.5, 0.6) is 0 Å². The van der Waals surface area contributed by atoms with Gasteiger partial charge in [-0.3, -0.25) is 14.5 Å². The summed E-state index contributed by atoms with van der Waals surface area (Å²) in [7, 11) is 1.22. The van der Waals surface area contributed by atoms with Crippen LogP contribution < -0.4 is 0 Å². The van der Waals surface area contributed by atoms with E-state index in [2.05, 4.69) is 4.74 Å². The van der Waals surface area contributed by atoms with Crippen LogP contribution in [0.15, 0.2) is 21.7 Å². The first-order valence-corrected chi connectivity index (χ1v) is 7.17. The number of hydrogen-bond acceptors (Lipinski definition) is 6. The Labute approximate surface area is 118 Å². The molecule has 1 fully saturated rings. The van der Waals surface area contributed by atoms with Crippen molar-refractivity contribution in [2.45, 2.75) is 13.0 Å². The van der Waals surface area contributed by atoms with E-state index in [-0.39, 0.29) is 0 Å². The van der Waals surface area contributed by atoms with Crippen LogP contribution in [0.2, 0.25) is 0 Å². The van der Waals surface area contributed by atoms with Crippen molar-refractivity contribution in [3.8, 4) is 0 Å². The molecule has 0 radical (unpaired) electrons. The molecule has 1 aliphatic heterocycles. The number of carbonyl (C=O) groups excluding carboxylic acids is 3. The van der Waals surface area contributed by atoms with E-state index in [0.29, 0.717) is 4.91 Å². The maximum atomic E-state index is 12.1. The van der Waals surface area contributed by atoms with Crippen LogP contribution in [-0.2, 0) is 14.3 Å². The number of methoxy groups -OCH3 is 1. The molecular weight excluding hydrogens is 286 g/mol. The van der Waals surface area contributed by atoms with Crippen LogP contribution >= 0.6 is 23.1 Å². The van der Waals surface area contributed by atoms with E-state index in [1.807, 2.05) is 16.8 Å². The van der Waals surface area contributed by atoms with Crippen molar-refractivity contribution in [2.75, 3.05) is 7.11 Å². The molecule has 0 saturated carbocycles. The maximum Gasteiger partial charge on any atom is 0.328 e. The van der Waals surface area contributed by atoms with Crippen LogP contribution in [0.25, 0.3) is 6.08 Å². The fourth-order valence-corrected chi connectivity index (χ4v) is 3.12. The highest BCUT2D eigenvalue weighted by Crippen LogP contribution is 2.33. The third-order valence-corrected chi connectivity index (χ3v) is 4.18. The van der Waals surface area contributed by atoms with Gasteiger partial charge >= 0.3 is 5.97 Å². The van der Waals surface area contributed by atoms with Gasteiger partial charge in [0.25, 0.3) is 11.1 Å². The number of imide groups is 1. The molecule has 2 heterocycles. The van der Waals surface area contributed by atoms with Gasteiger partial charge in [-0.2, -0.15) is 11.3 Å². The fraction of sp³-hybridized carbons (Fsp3) is 0.250. The average molecular weight is 297 g/mol. The molecule has 100 valence electrons. The van der Waals surface area contributed by atoms with E-state index in [1.165, 1.54) is 25.4 Å². The van der Waals surface area contributed by atoms with Gasteiger partial charge in [-0.15, -0.1) is 0 Å². The predicted molar refractivity (Wildman–Crippen MR) is 73.6 cm³/mol.